The Labute approximate surface area is 165 Å². The molecule has 0 fully saturated rings. The van der Waals surface area contributed by atoms with Gasteiger partial charge >= 0.3 is 0 Å². The topological polar surface area (TPSA) is 50.3 Å². The lowest BCUT2D eigenvalue weighted by Crippen LogP contribution is -2.31. The van der Waals surface area contributed by atoms with Crippen molar-refractivity contribution in [3.63, 3.8) is 0 Å². The van der Waals surface area contributed by atoms with Crippen LogP contribution in [0, 0.1) is 30.2 Å². The molecule has 0 saturated carbocycles. The van der Waals surface area contributed by atoms with Gasteiger partial charge in [0.25, 0.3) is 0 Å². The van der Waals surface area contributed by atoms with E-state index in [1.807, 2.05) is 6.92 Å². The predicted octanol–water partition coefficient (Wildman–Crippen LogP) is 4.34. The zero-order valence-electron chi connectivity index (χ0n) is 15.2. The van der Waals surface area contributed by atoms with Gasteiger partial charge in [-0.1, -0.05) is 29.8 Å². The summed E-state index contributed by atoms with van der Waals surface area (Å²) in [5.41, 5.74) is 2.06. The van der Waals surface area contributed by atoms with Crippen LogP contribution in [0.5, 0.6) is 0 Å². The number of halogens is 4. The Kier molecular flexibility index (Phi) is 5.99. The van der Waals surface area contributed by atoms with E-state index < -0.39 is 38.2 Å². The molecule has 0 amide bonds. The monoisotopic (exact) mass is 424 g/mol. The minimum atomic E-state index is -4.71. The molecule has 3 aromatic rings. The molecule has 4 nitrogen and oxygen atoms in total. The van der Waals surface area contributed by atoms with Gasteiger partial charge in [-0.15, -0.1) is 0 Å². The first-order chi connectivity index (χ1) is 13.7. The lowest BCUT2D eigenvalue weighted by molar-refractivity contribution is 0.378. The Morgan fingerprint density at radius 1 is 0.828 bits per heavy atom. The number of pyridine rings is 1. The number of nitrogens with zero attached hydrogens (tertiary/aromatic N) is 2. The Balaban J connectivity index is 2.07. The van der Waals surface area contributed by atoms with E-state index in [1.165, 1.54) is 12.4 Å². The van der Waals surface area contributed by atoms with Crippen molar-refractivity contribution in [1.82, 2.24) is 9.29 Å². The molecule has 0 saturated heterocycles. The predicted molar refractivity (Wildman–Crippen MR) is 98.1 cm³/mol. The summed E-state index contributed by atoms with van der Waals surface area (Å²) in [6.07, 6.45) is 2.90. The molecule has 152 valence electrons. The van der Waals surface area contributed by atoms with E-state index in [0.717, 1.165) is 9.87 Å². The van der Waals surface area contributed by atoms with Crippen molar-refractivity contribution in [2.24, 2.45) is 0 Å². The van der Waals surface area contributed by atoms with Crippen molar-refractivity contribution in [2.45, 2.75) is 24.9 Å². The van der Waals surface area contributed by atoms with Crippen molar-refractivity contribution in [1.29, 1.82) is 0 Å². The van der Waals surface area contributed by atoms with E-state index in [4.69, 9.17) is 0 Å². The van der Waals surface area contributed by atoms with Crippen molar-refractivity contribution >= 4 is 10.0 Å². The summed E-state index contributed by atoms with van der Waals surface area (Å²) in [5.74, 6) is -8.00. The summed E-state index contributed by atoms with van der Waals surface area (Å²) in [7, 11) is -4.71. The van der Waals surface area contributed by atoms with Gasteiger partial charge in [-0.3, -0.25) is 4.98 Å². The van der Waals surface area contributed by atoms with Crippen LogP contribution in [0.1, 0.15) is 16.7 Å². The number of aryl methyl sites for hydroxylation is 1. The summed E-state index contributed by atoms with van der Waals surface area (Å²) in [4.78, 5) is 2.58. The average molecular weight is 424 g/mol. The molecule has 0 atom stereocenters. The summed E-state index contributed by atoms with van der Waals surface area (Å²) in [6.45, 7) is 1.46. The minimum Gasteiger partial charge on any atom is -0.265 e. The molecule has 29 heavy (non-hydrogen) atoms. The Morgan fingerprint density at radius 2 is 1.38 bits per heavy atom. The lowest BCUT2D eigenvalue weighted by atomic mass is 10.1. The largest absolute Gasteiger partial charge is 0.265 e. The minimum absolute atomic E-state index is 0.151. The molecule has 0 bridgehead atoms. The van der Waals surface area contributed by atoms with Crippen LogP contribution in [0.3, 0.4) is 0 Å². The van der Waals surface area contributed by atoms with Gasteiger partial charge in [0.05, 0.1) is 0 Å². The van der Waals surface area contributed by atoms with Crippen LogP contribution < -0.4 is 0 Å². The first-order valence-electron chi connectivity index (χ1n) is 8.47. The van der Waals surface area contributed by atoms with Crippen molar-refractivity contribution in [3.05, 3.63) is 94.8 Å². The molecule has 0 N–H and O–H groups in total. The zero-order valence-corrected chi connectivity index (χ0v) is 16.1. The highest BCUT2D eigenvalue weighted by atomic mass is 32.2. The fraction of sp³-hybridized carbons (Fsp3) is 0.150. The van der Waals surface area contributed by atoms with Gasteiger partial charge in [0.15, 0.2) is 23.3 Å². The normalized spacial score (nSPS) is 11.8. The summed E-state index contributed by atoms with van der Waals surface area (Å²) in [6, 6.07) is 10.2. The molecule has 9 heteroatoms. The molecule has 0 radical (unpaired) electrons. The van der Waals surface area contributed by atoms with Gasteiger partial charge in [-0.2, -0.15) is 4.31 Å². The van der Waals surface area contributed by atoms with Crippen molar-refractivity contribution < 1.29 is 26.0 Å². The summed E-state index contributed by atoms with van der Waals surface area (Å²) >= 11 is 0. The van der Waals surface area contributed by atoms with Crippen LogP contribution in [0.2, 0.25) is 0 Å². The molecular weight excluding hydrogens is 408 g/mol. The Hall–Kier alpha value is -2.78. The standard InChI is InChI=1S/C20H16F4N2O2S/c1-13-2-4-14(5-3-13)11-26(12-15-6-8-25-9-7-15)29(27,28)17-10-16(21)18(22)20(24)19(17)23/h2-10H,11-12H2,1H3. The van der Waals surface area contributed by atoms with Crippen LogP contribution in [0.25, 0.3) is 0 Å². The molecule has 2 aromatic carbocycles. The molecular formula is C20H16F4N2O2S. The number of sulfonamides is 1. The van der Waals surface area contributed by atoms with E-state index in [1.54, 1.807) is 36.4 Å². The highest BCUT2D eigenvalue weighted by Gasteiger charge is 2.32. The van der Waals surface area contributed by atoms with Gasteiger partial charge in [-0.05, 0) is 30.2 Å². The number of hydrogen-bond donors (Lipinski definition) is 0. The van der Waals surface area contributed by atoms with Crippen LogP contribution in [-0.4, -0.2) is 17.7 Å². The van der Waals surface area contributed by atoms with E-state index >= 15 is 0 Å². The summed E-state index contributed by atoms with van der Waals surface area (Å²) in [5, 5.41) is 0. The van der Waals surface area contributed by atoms with Crippen LogP contribution >= 0.6 is 0 Å². The second kappa shape index (κ2) is 8.30. The van der Waals surface area contributed by atoms with Crippen LogP contribution in [-0.2, 0) is 23.1 Å². The third-order valence-electron chi connectivity index (χ3n) is 4.27. The SMILES string of the molecule is Cc1ccc(CN(Cc2ccncc2)S(=O)(=O)c2cc(F)c(F)c(F)c2F)cc1. The summed E-state index contributed by atoms with van der Waals surface area (Å²) < 4.78 is 81.8. The second-order valence-corrected chi connectivity index (χ2v) is 8.32. The first kappa shape index (κ1) is 20.9. The van der Waals surface area contributed by atoms with Gasteiger partial charge < -0.3 is 0 Å². The zero-order chi connectivity index (χ0) is 21.2. The third-order valence-corrected chi connectivity index (χ3v) is 6.07. The van der Waals surface area contributed by atoms with Gasteiger partial charge in [-0.25, -0.2) is 26.0 Å². The number of benzene rings is 2. The van der Waals surface area contributed by atoms with Crippen LogP contribution in [0.15, 0.2) is 59.8 Å². The van der Waals surface area contributed by atoms with Gasteiger partial charge in [0.2, 0.25) is 10.0 Å². The maximum Gasteiger partial charge on any atom is 0.246 e. The second-order valence-electron chi connectivity index (χ2n) is 6.41. The lowest BCUT2D eigenvalue weighted by Gasteiger charge is -2.23. The highest BCUT2D eigenvalue weighted by Crippen LogP contribution is 2.27. The number of aromatic nitrogens is 1. The maximum absolute atomic E-state index is 14.2. The molecule has 0 aliphatic rings. The maximum atomic E-state index is 14.2. The van der Waals surface area contributed by atoms with E-state index in [0.29, 0.717) is 11.1 Å². The molecule has 0 spiro atoms. The first-order valence-corrected chi connectivity index (χ1v) is 9.91. The Morgan fingerprint density at radius 3 is 1.97 bits per heavy atom. The van der Waals surface area contributed by atoms with E-state index in [9.17, 15) is 26.0 Å². The molecule has 0 aliphatic carbocycles. The van der Waals surface area contributed by atoms with Gasteiger partial charge in [0.1, 0.15) is 4.90 Å². The van der Waals surface area contributed by atoms with Crippen LogP contribution in [0.4, 0.5) is 17.6 Å². The quantitative estimate of drug-likeness (QED) is 0.336. The van der Waals surface area contributed by atoms with E-state index in [2.05, 4.69) is 4.98 Å². The smallest absolute Gasteiger partial charge is 0.246 e. The molecule has 0 unspecified atom stereocenters. The molecule has 0 aliphatic heterocycles. The molecule has 3 rings (SSSR count). The van der Waals surface area contributed by atoms with Crippen molar-refractivity contribution in [2.75, 3.05) is 0 Å². The van der Waals surface area contributed by atoms with Gasteiger partial charge in [0, 0.05) is 31.5 Å². The molecule has 1 heterocycles. The van der Waals surface area contributed by atoms with Crippen molar-refractivity contribution in [3.8, 4) is 0 Å². The average Bonchev–Trinajstić information content (AvgIpc) is 2.71. The number of rotatable bonds is 6. The molecule has 1 aromatic heterocycles. The third kappa shape index (κ3) is 4.46. The highest BCUT2D eigenvalue weighted by molar-refractivity contribution is 7.89. The van der Waals surface area contributed by atoms with E-state index in [-0.39, 0.29) is 19.2 Å². The number of hydrogen-bond acceptors (Lipinski definition) is 3. The Bertz CT molecular complexity index is 1120. The fourth-order valence-electron chi connectivity index (χ4n) is 2.69. The fourth-order valence-corrected chi connectivity index (χ4v) is 4.18.